The average Bonchev–Trinajstić information content (AvgIpc) is 2.48. The summed E-state index contributed by atoms with van der Waals surface area (Å²) in [7, 11) is -5.42. The van der Waals surface area contributed by atoms with E-state index in [1.165, 1.54) is 30.3 Å². The lowest BCUT2D eigenvalue weighted by Crippen LogP contribution is -2.24. The number of rotatable bonds is 7. The minimum Gasteiger partial charge on any atom is -0.277 e. The first kappa shape index (κ1) is 23.8. The van der Waals surface area contributed by atoms with Crippen molar-refractivity contribution in [2.45, 2.75) is 22.2 Å². The Bertz CT molecular complexity index is 598. The fourth-order valence-electron chi connectivity index (χ4n) is 1.47. The molecule has 1 aromatic carbocycles. The lowest BCUT2D eigenvalue weighted by molar-refractivity contribution is -0.171. The minimum atomic E-state index is -5.42. The first-order valence-electron chi connectivity index (χ1n) is 6.44. The van der Waals surface area contributed by atoms with Crippen molar-refractivity contribution < 1.29 is 44.5 Å². The highest BCUT2D eigenvalue weighted by Crippen LogP contribution is 2.58. The van der Waals surface area contributed by atoms with E-state index in [4.69, 9.17) is 39.3 Å². The number of phosphoric ester groups is 1. The van der Waals surface area contributed by atoms with E-state index in [2.05, 4.69) is 9.05 Å². The smallest absolute Gasteiger partial charge is 0.277 e. The molecule has 0 amide bonds. The Kier molecular flexibility index (Phi) is 8.11. The van der Waals surface area contributed by atoms with E-state index in [-0.39, 0.29) is 5.56 Å². The van der Waals surface area contributed by atoms with Gasteiger partial charge in [0, 0.05) is 0 Å². The van der Waals surface area contributed by atoms with Crippen LogP contribution in [0.15, 0.2) is 30.3 Å². The molecule has 0 aliphatic rings. The van der Waals surface area contributed by atoms with Crippen molar-refractivity contribution in [3.63, 3.8) is 0 Å². The van der Waals surface area contributed by atoms with Crippen LogP contribution in [-0.4, -0.2) is 29.4 Å². The molecule has 0 spiro atoms. The van der Waals surface area contributed by atoms with E-state index < -0.39 is 43.3 Å². The molecule has 14 heteroatoms. The Balaban J connectivity index is 3.12. The molecule has 0 radical (unpaired) electrons. The molecule has 0 heterocycles. The largest absolute Gasteiger partial charge is 0.476 e. The van der Waals surface area contributed by atoms with Gasteiger partial charge in [0.25, 0.3) is 0 Å². The summed E-state index contributed by atoms with van der Waals surface area (Å²) in [5.41, 5.74) is -0.000979. The van der Waals surface area contributed by atoms with Crippen LogP contribution < -0.4 is 0 Å². The summed E-state index contributed by atoms with van der Waals surface area (Å²) < 4.78 is 96.2. The van der Waals surface area contributed by atoms with E-state index in [1.54, 1.807) is 0 Å². The third-order valence-corrected chi connectivity index (χ3v) is 4.36. The number of hydrogen-bond donors (Lipinski definition) is 0. The van der Waals surface area contributed by atoms with Crippen molar-refractivity contribution in [2.24, 2.45) is 0 Å². The number of hydrogen-bond acceptors (Lipinski definition) is 4. The Morgan fingerprint density at radius 1 is 0.885 bits per heavy atom. The highest BCUT2D eigenvalue weighted by atomic mass is 35.6. The van der Waals surface area contributed by atoms with E-state index >= 15 is 0 Å². The summed E-state index contributed by atoms with van der Waals surface area (Å²) in [5, 5.41) is 0. The third kappa shape index (κ3) is 9.12. The van der Waals surface area contributed by atoms with Gasteiger partial charge in [-0.05, 0) is 5.56 Å². The fraction of sp³-hybridized carbons (Fsp3) is 0.500. The van der Waals surface area contributed by atoms with Crippen molar-refractivity contribution in [1.82, 2.24) is 0 Å². The van der Waals surface area contributed by atoms with E-state index in [9.17, 15) is 30.9 Å². The quantitative estimate of drug-likeness (QED) is 0.264. The van der Waals surface area contributed by atoms with Crippen LogP contribution in [0.1, 0.15) is 11.7 Å². The van der Waals surface area contributed by atoms with Crippen molar-refractivity contribution >= 4 is 42.6 Å². The van der Waals surface area contributed by atoms with Gasteiger partial charge in [0.05, 0.1) is 0 Å². The second-order valence-electron chi connectivity index (χ2n) is 4.66. The summed E-state index contributed by atoms with van der Waals surface area (Å²) in [6.45, 7) is -4.41. The Labute approximate surface area is 158 Å². The molecule has 0 saturated heterocycles. The maximum Gasteiger partial charge on any atom is 0.476 e. The molecule has 0 unspecified atom stereocenters. The summed E-state index contributed by atoms with van der Waals surface area (Å²) >= 11 is 16.9. The molecule has 1 atom stereocenters. The Morgan fingerprint density at radius 2 is 1.31 bits per heavy atom. The summed E-state index contributed by atoms with van der Waals surface area (Å²) in [6.07, 6.45) is -11.9. The summed E-state index contributed by atoms with van der Waals surface area (Å²) in [4.78, 5) is 0. The van der Waals surface area contributed by atoms with Crippen molar-refractivity contribution in [3.05, 3.63) is 35.9 Å². The average molecular weight is 470 g/mol. The highest BCUT2D eigenvalue weighted by molar-refractivity contribution is 7.48. The normalized spacial score (nSPS) is 15.1. The van der Waals surface area contributed by atoms with E-state index in [1.807, 2.05) is 0 Å². The predicted octanol–water partition coefficient (Wildman–Crippen LogP) is 6.38. The van der Waals surface area contributed by atoms with Crippen molar-refractivity contribution in [2.75, 3.05) is 13.2 Å². The molecule has 0 aliphatic heterocycles. The Morgan fingerprint density at radius 3 is 1.65 bits per heavy atom. The molecule has 0 saturated carbocycles. The molecule has 4 nitrogen and oxygen atoms in total. The molecule has 26 heavy (non-hydrogen) atoms. The van der Waals surface area contributed by atoms with Crippen LogP contribution in [0.25, 0.3) is 0 Å². The van der Waals surface area contributed by atoms with Gasteiger partial charge < -0.3 is 0 Å². The molecule has 1 rings (SSSR count). The Hall–Kier alpha value is -0.220. The fourth-order valence-corrected chi connectivity index (χ4v) is 3.51. The molecular weight excluding hydrogens is 459 g/mol. The summed E-state index contributed by atoms with van der Waals surface area (Å²) in [5.74, 6) is 0. The predicted molar refractivity (Wildman–Crippen MR) is 82.2 cm³/mol. The summed E-state index contributed by atoms with van der Waals surface area (Å²) in [6, 6.07) is 6.92. The van der Waals surface area contributed by atoms with Crippen LogP contribution in [0.4, 0.5) is 26.3 Å². The van der Waals surface area contributed by atoms with Gasteiger partial charge in [-0.3, -0.25) is 13.6 Å². The van der Waals surface area contributed by atoms with Gasteiger partial charge in [0.1, 0.15) is 6.10 Å². The van der Waals surface area contributed by atoms with Gasteiger partial charge in [-0.2, -0.15) is 26.3 Å². The third-order valence-electron chi connectivity index (χ3n) is 2.41. The SMILES string of the molecule is O=P(OCC(F)(F)F)(OCC(F)(F)F)O[C@H](c1ccccc1)C(Cl)(Cl)Cl. The number of halogens is 9. The van der Waals surface area contributed by atoms with Gasteiger partial charge in [0.2, 0.25) is 3.79 Å². The zero-order valence-electron chi connectivity index (χ0n) is 12.4. The monoisotopic (exact) mass is 468 g/mol. The number of phosphoric acid groups is 1. The molecule has 1 aromatic rings. The lowest BCUT2D eigenvalue weighted by Gasteiger charge is -2.29. The first-order chi connectivity index (χ1) is 11.6. The molecule has 0 N–H and O–H groups in total. The number of alkyl halides is 9. The van der Waals surface area contributed by atoms with Crippen LogP contribution in [0.5, 0.6) is 0 Å². The topological polar surface area (TPSA) is 44.8 Å². The van der Waals surface area contributed by atoms with Gasteiger partial charge in [-0.15, -0.1) is 0 Å². The van der Waals surface area contributed by atoms with Crippen LogP contribution in [0.3, 0.4) is 0 Å². The van der Waals surface area contributed by atoms with E-state index in [0.717, 1.165) is 0 Å². The standard InChI is InChI=1S/C12H10Cl3F6O4P/c13-12(14,15)9(8-4-2-1-3-5-8)25-26(22,23-6-10(16,17)18)24-7-11(19,20)21/h1-5,9H,6-7H2/t9-/m1/s1. The second kappa shape index (κ2) is 8.86. The molecule has 0 fully saturated rings. The van der Waals surface area contributed by atoms with Gasteiger partial charge in [0.15, 0.2) is 13.2 Å². The van der Waals surface area contributed by atoms with Crippen LogP contribution in [0, 0.1) is 0 Å². The van der Waals surface area contributed by atoms with Crippen LogP contribution >= 0.6 is 42.6 Å². The molecule has 0 bridgehead atoms. The van der Waals surface area contributed by atoms with Crippen LogP contribution in [-0.2, 0) is 18.1 Å². The second-order valence-corrected chi connectivity index (χ2v) is 8.65. The number of benzene rings is 1. The lowest BCUT2D eigenvalue weighted by atomic mass is 10.1. The zero-order valence-corrected chi connectivity index (χ0v) is 15.5. The molecular formula is C12H10Cl3F6O4P. The molecule has 0 aliphatic carbocycles. The van der Waals surface area contributed by atoms with Gasteiger partial charge in [-0.25, -0.2) is 4.57 Å². The molecule has 150 valence electrons. The van der Waals surface area contributed by atoms with Crippen LogP contribution in [0.2, 0.25) is 0 Å². The van der Waals surface area contributed by atoms with Gasteiger partial charge in [-0.1, -0.05) is 65.1 Å². The molecule has 0 aromatic heterocycles. The minimum absolute atomic E-state index is 0.000979. The maximum atomic E-state index is 12.3. The zero-order chi connectivity index (χ0) is 20.2. The van der Waals surface area contributed by atoms with Crippen molar-refractivity contribution in [1.29, 1.82) is 0 Å². The first-order valence-corrected chi connectivity index (χ1v) is 9.03. The van der Waals surface area contributed by atoms with Crippen molar-refractivity contribution in [3.8, 4) is 0 Å². The van der Waals surface area contributed by atoms with E-state index in [0.29, 0.717) is 0 Å². The highest BCUT2D eigenvalue weighted by Gasteiger charge is 2.46. The maximum absolute atomic E-state index is 12.3. The van der Waals surface area contributed by atoms with Gasteiger partial charge >= 0.3 is 20.2 Å².